The van der Waals surface area contributed by atoms with Crippen molar-refractivity contribution in [2.24, 2.45) is 11.8 Å². The maximum atomic E-state index is 3.40. The third-order valence-electron chi connectivity index (χ3n) is 5.77. The summed E-state index contributed by atoms with van der Waals surface area (Å²) in [6.45, 7) is 12.5. The smallest absolute Gasteiger partial charge is 0.0346 e. The summed E-state index contributed by atoms with van der Waals surface area (Å²) >= 11 is 0. The molecule has 19 heavy (non-hydrogen) atoms. The van der Waals surface area contributed by atoms with Crippen molar-refractivity contribution in [3.05, 3.63) is 0 Å². The van der Waals surface area contributed by atoms with Gasteiger partial charge in [-0.05, 0) is 24.7 Å². The fourth-order valence-corrected chi connectivity index (χ4v) is 4.14. The Morgan fingerprint density at radius 2 is 1.53 bits per heavy atom. The van der Waals surface area contributed by atoms with Crippen LogP contribution in [-0.4, -0.2) is 61.2 Å². The highest BCUT2D eigenvalue weighted by Gasteiger charge is 2.32. The van der Waals surface area contributed by atoms with Gasteiger partial charge < -0.3 is 5.32 Å². The molecule has 2 unspecified atom stereocenters. The van der Waals surface area contributed by atoms with Crippen molar-refractivity contribution in [2.75, 3.05) is 39.3 Å². The molecule has 0 radical (unpaired) electrons. The first-order chi connectivity index (χ1) is 9.24. The standard InChI is InChI=1S/C16H31N3/c1-13(2)14-4-3-5-15(10-14)18-6-8-19(9-7-18)16-11-17-12-16/h13-17H,3-12H2,1-2H3. The number of rotatable bonds is 3. The molecule has 0 aromatic rings. The lowest BCUT2D eigenvalue weighted by Gasteiger charge is -2.47. The first kappa shape index (κ1) is 13.8. The number of hydrogen-bond donors (Lipinski definition) is 1. The quantitative estimate of drug-likeness (QED) is 0.839. The van der Waals surface area contributed by atoms with Crippen LogP contribution in [0.15, 0.2) is 0 Å². The van der Waals surface area contributed by atoms with Crippen LogP contribution in [0.3, 0.4) is 0 Å². The van der Waals surface area contributed by atoms with E-state index in [2.05, 4.69) is 29.0 Å². The number of hydrogen-bond acceptors (Lipinski definition) is 3. The van der Waals surface area contributed by atoms with E-state index >= 15 is 0 Å². The third kappa shape index (κ3) is 3.14. The van der Waals surface area contributed by atoms with Gasteiger partial charge in [0, 0.05) is 51.4 Å². The number of nitrogens with one attached hydrogen (secondary N) is 1. The predicted octanol–water partition coefficient (Wildman–Crippen LogP) is 1.79. The Morgan fingerprint density at radius 3 is 2.05 bits per heavy atom. The van der Waals surface area contributed by atoms with E-state index in [1.807, 2.05) is 0 Å². The van der Waals surface area contributed by atoms with Crippen molar-refractivity contribution in [1.82, 2.24) is 15.1 Å². The maximum Gasteiger partial charge on any atom is 0.0346 e. The van der Waals surface area contributed by atoms with Crippen LogP contribution in [-0.2, 0) is 0 Å². The highest BCUT2D eigenvalue weighted by molar-refractivity contribution is 4.90. The van der Waals surface area contributed by atoms with Gasteiger partial charge in [0.15, 0.2) is 0 Å². The molecule has 1 saturated carbocycles. The molecule has 3 aliphatic rings. The van der Waals surface area contributed by atoms with Crippen molar-refractivity contribution >= 4 is 0 Å². The summed E-state index contributed by atoms with van der Waals surface area (Å²) in [6.07, 6.45) is 5.85. The van der Waals surface area contributed by atoms with Gasteiger partial charge in [-0.25, -0.2) is 0 Å². The Kier molecular flexibility index (Phi) is 4.45. The van der Waals surface area contributed by atoms with E-state index in [-0.39, 0.29) is 0 Å². The predicted molar refractivity (Wildman–Crippen MR) is 80.4 cm³/mol. The van der Waals surface area contributed by atoms with Crippen molar-refractivity contribution in [2.45, 2.75) is 51.6 Å². The monoisotopic (exact) mass is 265 g/mol. The van der Waals surface area contributed by atoms with E-state index < -0.39 is 0 Å². The summed E-state index contributed by atoms with van der Waals surface area (Å²) in [5, 5.41) is 3.40. The van der Waals surface area contributed by atoms with Gasteiger partial charge in [-0.3, -0.25) is 9.80 Å². The van der Waals surface area contributed by atoms with Crippen LogP contribution in [0, 0.1) is 11.8 Å². The van der Waals surface area contributed by atoms with Gasteiger partial charge in [0.1, 0.15) is 0 Å². The minimum atomic E-state index is 0.844. The molecule has 2 atom stereocenters. The molecule has 3 rings (SSSR count). The van der Waals surface area contributed by atoms with Crippen LogP contribution in [0.4, 0.5) is 0 Å². The van der Waals surface area contributed by atoms with Gasteiger partial charge in [0.25, 0.3) is 0 Å². The van der Waals surface area contributed by atoms with Gasteiger partial charge in [0.2, 0.25) is 0 Å². The van der Waals surface area contributed by atoms with Gasteiger partial charge in [-0.1, -0.05) is 26.7 Å². The molecule has 0 aromatic carbocycles. The summed E-state index contributed by atoms with van der Waals surface area (Å²) in [4.78, 5) is 5.51. The van der Waals surface area contributed by atoms with E-state index in [9.17, 15) is 0 Å². The van der Waals surface area contributed by atoms with Gasteiger partial charge in [-0.2, -0.15) is 0 Å². The van der Waals surface area contributed by atoms with Crippen molar-refractivity contribution in [3.8, 4) is 0 Å². The van der Waals surface area contributed by atoms with Crippen molar-refractivity contribution < 1.29 is 0 Å². The fourth-order valence-electron chi connectivity index (χ4n) is 4.14. The molecule has 2 heterocycles. The topological polar surface area (TPSA) is 18.5 Å². The fraction of sp³-hybridized carbons (Fsp3) is 1.00. The lowest BCUT2D eigenvalue weighted by atomic mass is 9.78. The average Bonchev–Trinajstić information content (AvgIpc) is 2.38. The summed E-state index contributed by atoms with van der Waals surface area (Å²) in [6, 6.07) is 1.74. The largest absolute Gasteiger partial charge is 0.314 e. The third-order valence-corrected chi connectivity index (χ3v) is 5.77. The second-order valence-electron chi connectivity index (χ2n) is 7.21. The Hall–Kier alpha value is -0.120. The van der Waals surface area contributed by atoms with E-state index in [0.29, 0.717) is 0 Å². The van der Waals surface area contributed by atoms with E-state index in [0.717, 1.165) is 23.9 Å². The molecule has 3 heteroatoms. The highest BCUT2D eigenvalue weighted by atomic mass is 15.3. The lowest BCUT2D eigenvalue weighted by molar-refractivity contribution is 0.0311. The minimum Gasteiger partial charge on any atom is -0.314 e. The van der Waals surface area contributed by atoms with Crippen LogP contribution in [0.5, 0.6) is 0 Å². The molecule has 2 saturated heterocycles. The normalized spacial score (nSPS) is 35.5. The molecular formula is C16H31N3. The Morgan fingerprint density at radius 1 is 0.895 bits per heavy atom. The van der Waals surface area contributed by atoms with Crippen LogP contribution in [0.1, 0.15) is 39.5 Å². The molecule has 0 aromatic heterocycles. The molecule has 2 aliphatic heterocycles. The molecule has 0 spiro atoms. The summed E-state index contributed by atoms with van der Waals surface area (Å²) < 4.78 is 0. The SMILES string of the molecule is CC(C)C1CCCC(N2CCN(C3CNC3)CC2)C1. The molecule has 1 aliphatic carbocycles. The molecule has 3 nitrogen and oxygen atoms in total. The van der Waals surface area contributed by atoms with Crippen LogP contribution in [0.25, 0.3) is 0 Å². The molecular weight excluding hydrogens is 234 g/mol. The lowest BCUT2D eigenvalue weighted by Crippen LogP contribution is -2.62. The molecule has 0 bridgehead atoms. The van der Waals surface area contributed by atoms with Crippen LogP contribution >= 0.6 is 0 Å². The van der Waals surface area contributed by atoms with E-state index in [1.165, 1.54) is 65.0 Å². The van der Waals surface area contributed by atoms with E-state index in [4.69, 9.17) is 0 Å². The Labute approximate surface area is 118 Å². The van der Waals surface area contributed by atoms with Crippen molar-refractivity contribution in [1.29, 1.82) is 0 Å². The van der Waals surface area contributed by atoms with E-state index in [1.54, 1.807) is 0 Å². The number of piperazine rings is 1. The Bertz CT molecular complexity index is 280. The van der Waals surface area contributed by atoms with Gasteiger partial charge in [-0.15, -0.1) is 0 Å². The summed E-state index contributed by atoms with van der Waals surface area (Å²) in [5.74, 6) is 1.86. The average molecular weight is 265 g/mol. The zero-order valence-corrected chi connectivity index (χ0v) is 12.8. The summed E-state index contributed by atoms with van der Waals surface area (Å²) in [5.41, 5.74) is 0. The Balaban J connectivity index is 1.47. The minimum absolute atomic E-state index is 0.844. The highest BCUT2D eigenvalue weighted by Crippen LogP contribution is 2.32. The zero-order valence-electron chi connectivity index (χ0n) is 12.8. The molecule has 1 N–H and O–H groups in total. The second kappa shape index (κ2) is 6.11. The number of nitrogens with zero attached hydrogens (tertiary/aromatic N) is 2. The first-order valence-corrected chi connectivity index (χ1v) is 8.43. The first-order valence-electron chi connectivity index (χ1n) is 8.43. The van der Waals surface area contributed by atoms with Crippen molar-refractivity contribution in [3.63, 3.8) is 0 Å². The van der Waals surface area contributed by atoms with Gasteiger partial charge >= 0.3 is 0 Å². The molecule has 110 valence electrons. The zero-order chi connectivity index (χ0) is 13.2. The van der Waals surface area contributed by atoms with Gasteiger partial charge in [0.05, 0.1) is 0 Å². The van der Waals surface area contributed by atoms with Crippen LogP contribution in [0.2, 0.25) is 0 Å². The summed E-state index contributed by atoms with van der Waals surface area (Å²) in [7, 11) is 0. The molecule has 0 amide bonds. The van der Waals surface area contributed by atoms with Crippen LogP contribution < -0.4 is 5.32 Å². The molecule has 3 fully saturated rings. The maximum absolute atomic E-state index is 3.40. The second-order valence-corrected chi connectivity index (χ2v) is 7.21.